The molecule has 2 N–H and O–H groups in total. The number of urea groups is 1. The summed E-state index contributed by atoms with van der Waals surface area (Å²) < 4.78 is 30.1. The molecule has 3 amide bonds. The summed E-state index contributed by atoms with van der Waals surface area (Å²) in [7, 11) is -3.41. The van der Waals surface area contributed by atoms with Crippen LogP contribution in [0.25, 0.3) is 0 Å². The first-order valence-corrected chi connectivity index (χ1v) is 10.4. The maximum Gasteiger partial charge on any atom is 0.338 e. The van der Waals surface area contributed by atoms with Crippen LogP contribution in [0, 0.1) is 0 Å². The molecule has 2 aliphatic rings. The average molecular weight is 395 g/mol. The van der Waals surface area contributed by atoms with Gasteiger partial charge in [-0.05, 0) is 49.9 Å². The maximum absolute atomic E-state index is 12.1. The number of hydrogen-bond donors (Lipinski definition) is 2. The van der Waals surface area contributed by atoms with E-state index in [1.165, 1.54) is 10.4 Å². The number of sulfonamides is 1. The molecule has 1 saturated carbocycles. The number of nitrogens with one attached hydrogen (secondary N) is 2. The first-order valence-electron chi connectivity index (χ1n) is 8.55. The third kappa shape index (κ3) is 4.57. The molecule has 27 heavy (non-hydrogen) atoms. The Labute approximate surface area is 157 Å². The van der Waals surface area contributed by atoms with Crippen molar-refractivity contribution in [1.82, 2.24) is 10.6 Å². The molecule has 0 radical (unpaired) electrons. The molecule has 0 aromatic heterocycles. The van der Waals surface area contributed by atoms with E-state index in [4.69, 9.17) is 4.74 Å². The van der Waals surface area contributed by atoms with E-state index < -0.39 is 34.5 Å². The molecule has 0 unspecified atom stereocenters. The number of nitrogens with zero attached hydrogens (tertiary/aromatic N) is 1. The summed E-state index contributed by atoms with van der Waals surface area (Å²) >= 11 is 0. The molecule has 9 nitrogen and oxygen atoms in total. The molecule has 1 fully saturated rings. The molecule has 1 aliphatic carbocycles. The van der Waals surface area contributed by atoms with Gasteiger partial charge in [-0.25, -0.2) is 18.0 Å². The Bertz CT molecular complexity index is 894. The topological polar surface area (TPSA) is 122 Å². The van der Waals surface area contributed by atoms with Gasteiger partial charge in [-0.2, -0.15) is 0 Å². The number of fused-ring (bicyclic) bond motifs is 1. The van der Waals surface area contributed by atoms with E-state index >= 15 is 0 Å². The Morgan fingerprint density at radius 1 is 1.26 bits per heavy atom. The van der Waals surface area contributed by atoms with Gasteiger partial charge in [0.2, 0.25) is 10.0 Å². The van der Waals surface area contributed by atoms with Crippen molar-refractivity contribution >= 4 is 33.6 Å². The molecule has 1 heterocycles. The minimum Gasteiger partial charge on any atom is -0.452 e. The summed E-state index contributed by atoms with van der Waals surface area (Å²) in [6.45, 7) is 1.20. The van der Waals surface area contributed by atoms with E-state index in [9.17, 15) is 22.8 Å². The molecule has 146 valence electrons. The second-order valence-corrected chi connectivity index (χ2v) is 8.69. The van der Waals surface area contributed by atoms with Crippen molar-refractivity contribution in [2.75, 3.05) is 17.2 Å². The molecule has 1 aromatic carbocycles. The minimum absolute atomic E-state index is 0.112. The molecule has 0 spiro atoms. The SMILES string of the molecule is C[C@H]1Cc2cc(C(=O)OCC(=O)NC(=O)NC3CC3)ccc2N1S(C)(=O)=O. The average Bonchev–Trinajstić information content (AvgIpc) is 3.29. The monoisotopic (exact) mass is 395 g/mol. The first kappa shape index (κ1) is 19.2. The molecular formula is C17H21N3O6S. The Morgan fingerprint density at radius 3 is 2.59 bits per heavy atom. The fraction of sp³-hybridized carbons (Fsp3) is 0.471. The lowest BCUT2D eigenvalue weighted by atomic mass is 10.1. The fourth-order valence-electron chi connectivity index (χ4n) is 3.06. The highest BCUT2D eigenvalue weighted by Gasteiger charge is 2.33. The largest absolute Gasteiger partial charge is 0.452 e. The molecule has 1 aromatic rings. The molecule has 1 aliphatic heterocycles. The number of ether oxygens (including phenoxy) is 1. The van der Waals surface area contributed by atoms with Crippen LogP contribution in [0.5, 0.6) is 0 Å². The van der Waals surface area contributed by atoms with Crippen LogP contribution in [0.1, 0.15) is 35.7 Å². The number of benzene rings is 1. The summed E-state index contributed by atoms with van der Waals surface area (Å²) in [5, 5.41) is 4.68. The first-order chi connectivity index (χ1) is 12.6. The smallest absolute Gasteiger partial charge is 0.338 e. The number of amides is 3. The van der Waals surface area contributed by atoms with Gasteiger partial charge in [0.1, 0.15) is 0 Å². The van der Waals surface area contributed by atoms with E-state index in [0.29, 0.717) is 12.1 Å². The van der Waals surface area contributed by atoms with Gasteiger partial charge in [0, 0.05) is 12.1 Å². The standard InChI is InChI=1S/C17H21N3O6S/c1-10-7-12-8-11(3-6-14(12)20(10)27(2,24)25)16(22)26-9-15(21)19-17(23)18-13-4-5-13/h3,6,8,10,13H,4-5,7,9H2,1-2H3,(H2,18,19,21,23)/t10-/m0/s1. The lowest BCUT2D eigenvalue weighted by Crippen LogP contribution is -2.42. The van der Waals surface area contributed by atoms with Gasteiger partial charge >= 0.3 is 12.0 Å². The van der Waals surface area contributed by atoms with Gasteiger partial charge in [-0.15, -0.1) is 0 Å². The number of anilines is 1. The van der Waals surface area contributed by atoms with E-state index in [-0.39, 0.29) is 17.6 Å². The van der Waals surface area contributed by atoms with Crippen LogP contribution in [0.4, 0.5) is 10.5 Å². The van der Waals surface area contributed by atoms with Gasteiger partial charge in [0.15, 0.2) is 6.61 Å². The number of imide groups is 1. The Kier molecular flexibility index (Phi) is 5.09. The van der Waals surface area contributed by atoms with Crippen LogP contribution in [-0.2, 0) is 26.0 Å². The summed E-state index contributed by atoms with van der Waals surface area (Å²) in [6, 6.07) is 3.84. The zero-order valence-corrected chi connectivity index (χ0v) is 15.8. The number of rotatable bonds is 5. The normalized spacial score (nSPS) is 18.6. The second kappa shape index (κ2) is 7.18. The second-order valence-electron chi connectivity index (χ2n) is 6.83. The molecule has 3 rings (SSSR count). The van der Waals surface area contributed by atoms with Gasteiger partial charge < -0.3 is 10.1 Å². The summed E-state index contributed by atoms with van der Waals surface area (Å²) in [6.07, 6.45) is 3.40. The van der Waals surface area contributed by atoms with Crippen molar-refractivity contribution in [3.05, 3.63) is 29.3 Å². The highest BCUT2D eigenvalue weighted by molar-refractivity contribution is 7.92. The van der Waals surface area contributed by atoms with E-state index in [2.05, 4.69) is 10.6 Å². The molecule has 10 heteroatoms. The predicted octanol–water partition coefficient (Wildman–Crippen LogP) is 0.542. The van der Waals surface area contributed by atoms with Crippen LogP contribution in [0.3, 0.4) is 0 Å². The summed E-state index contributed by atoms with van der Waals surface area (Å²) in [5.74, 6) is -1.44. The number of hydrogen-bond acceptors (Lipinski definition) is 6. The van der Waals surface area contributed by atoms with Gasteiger partial charge in [0.05, 0.1) is 17.5 Å². The van der Waals surface area contributed by atoms with Gasteiger partial charge in [-0.1, -0.05) is 0 Å². The van der Waals surface area contributed by atoms with Crippen LogP contribution < -0.4 is 14.9 Å². The van der Waals surface area contributed by atoms with E-state index in [0.717, 1.165) is 24.7 Å². The van der Waals surface area contributed by atoms with Crippen LogP contribution in [-0.4, -0.2) is 51.3 Å². The fourth-order valence-corrected chi connectivity index (χ4v) is 4.33. The quantitative estimate of drug-likeness (QED) is 0.702. The van der Waals surface area contributed by atoms with Crippen molar-refractivity contribution in [2.45, 2.75) is 38.3 Å². The number of carbonyl (C=O) groups excluding carboxylic acids is 3. The van der Waals surface area contributed by atoms with E-state index in [1.54, 1.807) is 19.1 Å². The van der Waals surface area contributed by atoms with Crippen molar-refractivity contribution in [2.24, 2.45) is 0 Å². The Hall–Kier alpha value is -2.62. The predicted molar refractivity (Wildman–Crippen MR) is 96.9 cm³/mol. The Balaban J connectivity index is 1.59. The van der Waals surface area contributed by atoms with Crippen LogP contribution >= 0.6 is 0 Å². The number of carbonyl (C=O) groups is 3. The van der Waals surface area contributed by atoms with Gasteiger partial charge in [-0.3, -0.25) is 14.4 Å². The summed E-state index contributed by atoms with van der Waals surface area (Å²) in [5.41, 5.74) is 1.47. The zero-order valence-electron chi connectivity index (χ0n) is 15.0. The lowest BCUT2D eigenvalue weighted by molar-refractivity contribution is -0.123. The highest BCUT2D eigenvalue weighted by Crippen LogP contribution is 2.34. The lowest BCUT2D eigenvalue weighted by Gasteiger charge is -2.21. The zero-order chi connectivity index (χ0) is 19.8. The Morgan fingerprint density at radius 2 is 1.96 bits per heavy atom. The van der Waals surface area contributed by atoms with E-state index in [1.807, 2.05) is 0 Å². The number of esters is 1. The maximum atomic E-state index is 12.1. The molecule has 0 bridgehead atoms. The third-order valence-corrected chi connectivity index (χ3v) is 5.60. The molecule has 1 atom stereocenters. The molecular weight excluding hydrogens is 374 g/mol. The van der Waals surface area contributed by atoms with Gasteiger partial charge in [0.25, 0.3) is 5.91 Å². The highest BCUT2D eigenvalue weighted by atomic mass is 32.2. The van der Waals surface area contributed by atoms with Crippen molar-refractivity contribution in [3.8, 4) is 0 Å². The van der Waals surface area contributed by atoms with Crippen molar-refractivity contribution in [3.63, 3.8) is 0 Å². The van der Waals surface area contributed by atoms with Crippen molar-refractivity contribution in [1.29, 1.82) is 0 Å². The minimum atomic E-state index is -3.41. The van der Waals surface area contributed by atoms with Crippen LogP contribution in [0.15, 0.2) is 18.2 Å². The summed E-state index contributed by atoms with van der Waals surface area (Å²) in [4.78, 5) is 35.3. The van der Waals surface area contributed by atoms with Crippen molar-refractivity contribution < 1.29 is 27.5 Å². The van der Waals surface area contributed by atoms with Crippen LogP contribution in [0.2, 0.25) is 0 Å². The molecule has 0 saturated heterocycles. The third-order valence-electron chi connectivity index (χ3n) is 4.33.